The van der Waals surface area contributed by atoms with Crippen molar-refractivity contribution < 1.29 is 14.3 Å². The Morgan fingerprint density at radius 1 is 1.21 bits per heavy atom. The predicted molar refractivity (Wildman–Crippen MR) is 90.7 cm³/mol. The van der Waals surface area contributed by atoms with Crippen molar-refractivity contribution in [2.75, 3.05) is 30.4 Å². The Bertz CT molecular complexity index is 691. The van der Waals surface area contributed by atoms with Crippen molar-refractivity contribution in [1.29, 1.82) is 0 Å². The topological polar surface area (TPSA) is 84.4 Å². The monoisotopic (exact) mass is 328 g/mol. The molecule has 1 N–H and O–H groups in total. The number of carbonyl (C=O) groups is 2. The van der Waals surface area contributed by atoms with E-state index in [-0.39, 0.29) is 19.1 Å². The summed E-state index contributed by atoms with van der Waals surface area (Å²) in [6, 6.07) is 9.22. The second-order valence-electron chi connectivity index (χ2n) is 5.17. The zero-order chi connectivity index (χ0) is 17.4. The minimum atomic E-state index is -0.526. The maximum Gasteiger partial charge on any atom is 0.326 e. The van der Waals surface area contributed by atoms with E-state index >= 15 is 0 Å². The molecule has 2 aromatic rings. The smallest absolute Gasteiger partial charge is 0.326 e. The molecule has 0 bridgehead atoms. The zero-order valence-corrected chi connectivity index (χ0v) is 13.7. The molecule has 0 aliphatic carbocycles. The molecular formula is C17H20N4O3. The molecule has 24 heavy (non-hydrogen) atoms. The van der Waals surface area contributed by atoms with Gasteiger partial charge in [0.1, 0.15) is 6.54 Å². The van der Waals surface area contributed by atoms with E-state index in [9.17, 15) is 9.59 Å². The van der Waals surface area contributed by atoms with Crippen molar-refractivity contribution >= 4 is 23.5 Å². The first-order valence-corrected chi connectivity index (χ1v) is 7.61. The summed E-state index contributed by atoms with van der Waals surface area (Å²) in [5.74, 6) is -0.493. The Hall–Kier alpha value is -2.96. The largest absolute Gasteiger partial charge is 0.454 e. The number of amides is 1. The average Bonchev–Trinajstić information content (AvgIpc) is 2.61. The van der Waals surface area contributed by atoms with Gasteiger partial charge in [0.25, 0.3) is 5.91 Å². The standard InChI is InChI=1S/C17H20N4O3/c1-3-13-6-4-7-14(10-13)20-15(22)12-24-16(23)11-21(2)17-18-8-5-9-19-17/h4-10H,3,11-12H2,1-2H3,(H,20,22). The molecule has 7 heteroatoms. The van der Waals surface area contributed by atoms with E-state index in [1.807, 2.05) is 25.1 Å². The first-order valence-electron chi connectivity index (χ1n) is 7.61. The fraction of sp³-hybridized carbons (Fsp3) is 0.294. The van der Waals surface area contributed by atoms with E-state index < -0.39 is 5.97 Å². The number of benzene rings is 1. The van der Waals surface area contributed by atoms with Gasteiger partial charge in [-0.15, -0.1) is 0 Å². The van der Waals surface area contributed by atoms with Crippen LogP contribution in [0.3, 0.4) is 0 Å². The lowest BCUT2D eigenvalue weighted by Crippen LogP contribution is -2.30. The van der Waals surface area contributed by atoms with Crippen LogP contribution in [0.4, 0.5) is 11.6 Å². The van der Waals surface area contributed by atoms with Crippen LogP contribution in [0.25, 0.3) is 0 Å². The molecule has 0 radical (unpaired) electrons. The molecule has 0 saturated heterocycles. The highest BCUT2D eigenvalue weighted by Gasteiger charge is 2.12. The second kappa shape index (κ2) is 8.61. The quantitative estimate of drug-likeness (QED) is 0.778. The number of hydrogen-bond acceptors (Lipinski definition) is 6. The van der Waals surface area contributed by atoms with Crippen LogP contribution in [0.5, 0.6) is 0 Å². The van der Waals surface area contributed by atoms with Crippen LogP contribution in [-0.4, -0.2) is 42.0 Å². The molecule has 0 atom stereocenters. The second-order valence-corrected chi connectivity index (χ2v) is 5.17. The number of ether oxygens (including phenoxy) is 1. The third-order valence-electron chi connectivity index (χ3n) is 3.24. The number of likely N-dealkylation sites (N-methyl/N-ethyl adjacent to an activating group) is 1. The van der Waals surface area contributed by atoms with Gasteiger partial charge in [-0.1, -0.05) is 19.1 Å². The summed E-state index contributed by atoms with van der Waals surface area (Å²) in [6.45, 7) is 1.66. The van der Waals surface area contributed by atoms with Gasteiger partial charge in [-0.3, -0.25) is 9.59 Å². The number of aromatic nitrogens is 2. The van der Waals surface area contributed by atoms with Crippen LogP contribution < -0.4 is 10.2 Å². The van der Waals surface area contributed by atoms with Gasteiger partial charge < -0.3 is 15.0 Å². The van der Waals surface area contributed by atoms with Gasteiger partial charge in [0.05, 0.1) is 0 Å². The summed E-state index contributed by atoms with van der Waals surface area (Å²) in [5.41, 5.74) is 1.81. The Kier molecular flexibility index (Phi) is 6.24. The maximum absolute atomic E-state index is 11.8. The van der Waals surface area contributed by atoms with E-state index in [0.29, 0.717) is 11.6 Å². The lowest BCUT2D eigenvalue weighted by atomic mass is 10.1. The van der Waals surface area contributed by atoms with E-state index in [1.54, 1.807) is 36.5 Å². The Balaban J connectivity index is 1.77. The minimum Gasteiger partial charge on any atom is -0.454 e. The van der Waals surface area contributed by atoms with Crippen molar-refractivity contribution in [1.82, 2.24) is 9.97 Å². The van der Waals surface area contributed by atoms with Gasteiger partial charge in [-0.05, 0) is 30.2 Å². The summed E-state index contributed by atoms with van der Waals surface area (Å²) in [6.07, 6.45) is 4.05. The molecule has 0 spiro atoms. The molecule has 2 rings (SSSR count). The normalized spacial score (nSPS) is 10.1. The number of nitrogens with one attached hydrogen (secondary N) is 1. The van der Waals surface area contributed by atoms with Crippen LogP contribution in [-0.2, 0) is 20.7 Å². The molecule has 126 valence electrons. The Morgan fingerprint density at radius 3 is 2.67 bits per heavy atom. The van der Waals surface area contributed by atoms with Crippen molar-refractivity contribution in [2.45, 2.75) is 13.3 Å². The Morgan fingerprint density at radius 2 is 1.96 bits per heavy atom. The molecule has 0 aliphatic rings. The van der Waals surface area contributed by atoms with E-state index in [4.69, 9.17) is 4.74 Å². The van der Waals surface area contributed by atoms with Gasteiger partial charge in [-0.2, -0.15) is 0 Å². The lowest BCUT2D eigenvalue weighted by Gasteiger charge is -2.15. The van der Waals surface area contributed by atoms with Gasteiger partial charge in [0, 0.05) is 25.1 Å². The summed E-state index contributed by atoms with van der Waals surface area (Å²) in [7, 11) is 1.67. The molecule has 0 fully saturated rings. The molecule has 1 aromatic carbocycles. The number of nitrogens with zero attached hydrogens (tertiary/aromatic N) is 3. The SMILES string of the molecule is CCc1cccc(NC(=O)COC(=O)CN(C)c2ncccn2)c1. The molecule has 7 nitrogen and oxygen atoms in total. The fourth-order valence-electron chi connectivity index (χ4n) is 2.01. The van der Waals surface area contributed by atoms with Crippen molar-refractivity contribution in [2.24, 2.45) is 0 Å². The zero-order valence-electron chi connectivity index (χ0n) is 13.7. The van der Waals surface area contributed by atoms with Crippen molar-refractivity contribution in [3.8, 4) is 0 Å². The molecule has 0 saturated carbocycles. The van der Waals surface area contributed by atoms with E-state index in [2.05, 4.69) is 15.3 Å². The number of carbonyl (C=O) groups excluding carboxylic acids is 2. The first-order chi connectivity index (χ1) is 11.6. The number of hydrogen-bond donors (Lipinski definition) is 1. The summed E-state index contributed by atoms with van der Waals surface area (Å²) in [4.78, 5) is 33.2. The number of esters is 1. The molecular weight excluding hydrogens is 308 g/mol. The lowest BCUT2D eigenvalue weighted by molar-refractivity contribution is -0.145. The highest BCUT2D eigenvalue weighted by atomic mass is 16.5. The third-order valence-corrected chi connectivity index (χ3v) is 3.24. The summed E-state index contributed by atoms with van der Waals surface area (Å²) >= 11 is 0. The van der Waals surface area contributed by atoms with Gasteiger partial charge in [0.15, 0.2) is 6.61 Å². The van der Waals surface area contributed by atoms with Crippen LogP contribution in [0.15, 0.2) is 42.7 Å². The molecule has 0 unspecified atom stereocenters. The molecule has 1 amide bonds. The Labute approximate surface area is 140 Å². The number of rotatable bonds is 7. The van der Waals surface area contributed by atoms with Crippen molar-refractivity contribution in [3.05, 3.63) is 48.3 Å². The highest BCUT2D eigenvalue weighted by Crippen LogP contribution is 2.11. The molecule has 1 heterocycles. The fourth-order valence-corrected chi connectivity index (χ4v) is 2.01. The first kappa shape index (κ1) is 17.4. The van der Waals surface area contributed by atoms with Crippen LogP contribution in [0.1, 0.15) is 12.5 Å². The van der Waals surface area contributed by atoms with Gasteiger partial charge in [0.2, 0.25) is 5.95 Å². The summed E-state index contributed by atoms with van der Waals surface area (Å²) in [5, 5.41) is 2.70. The number of anilines is 2. The molecule has 0 aliphatic heterocycles. The van der Waals surface area contributed by atoms with Gasteiger partial charge >= 0.3 is 5.97 Å². The minimum absolute atomic E-state index is 0.0391. The van der Waals surface area contributed by atoms with Crippen LogP contribution in [0.2, 0.25) is 0 Å². The van der Waals surface area contributed by atoms with E-state index in [0.717, 1.165) is 12.0 Å². The predicted octanol–water partition coefficient (Wildman–Crippen LogP) is 1.66. The van der Waals surface area contributed by atoms with Crippen LogP contribution >= 0.6 is 0 Å². The van der Waals surface area contributed by atoms with Crippen LogP contribution in [0, 0.1) is 0 Å². The summed E-state index contributed by atoms with van der Waals surface area (Å²) < 4.78 is 4.98. The maximum atomic E-state index is 11.8. The third kappa shape index (κ3) is 5.35. The molecule has 1 aromatic heterocycles. The number of aryl methyl sites for hydroxylation is 1. The highest BCUT2D eigenvalue weighted by molar-refractivity contribution is 5.93. The average molecular weight is 328 g/mol. The van der Waals surface area contributed by atoms with Crippen molar-refractivity contribution in [3.63, 3.8) is 0 Å². The van der Waals surface area contributed by atoms with E-state index in [1.165, 1.54) is 0 Å². The van der Waals surface area contributed by atoms with Gasteiger partial charge in [-0.25, -0.2) is 9.97 Å².